The van der Waals surface area contributed by atoms with Gasteiger partial charge in [0.25, 0.3) is 5.69 Å². The second kappa shape index (κ2) is 5.37. The first-order chi connectivity index (χ1) is 8.72. The minimum atomic E-state index is -0.421. The Morgan fingerprint density at radius 2 is 1.94 bits per heavy atom. The SMILES string of the molecule is NCCc1ccc(-c2ncccc2[N+](=O)[O-])cc1. The number of pyridine rings is 1. The predicted octanol–water partition coefficient (Wildman–Crippen LogP) is 2.16. The smallest absolute Gasteiger partial charge is 0.295 e. The summed E-state index contributed by atoms with van der Waals surface area (Å²) in [6.07, 6.45) is 2.35. The Labute approximate surface area is 104 Å². The van der Waals surface area contributed by atoms with E-state index in [9.17, 15) is 10.1 Å². The molecule has 0 bridgehead atoms. The van der Waals surface area contributed by atoms with Crippen LogP contribution in [0, 0.1) is 10.1 Å². The topological polar surface area (TPSA) is 82.0 Å². The lowest BCUT2D eigenvalue weighted by atomic mass is 10.1. The van der Waals surface area contributed by atoms with E-state index in [1.54, 1.807) is 12.3 Å². The molecule has 0 spiro atoms. The molecular weight excluding hydrogens is 230 g/mol. The lowest BCUT2D eigenvalue weighted by molar-refractivity contribution is -0.384. The summed E-state index contributed by atoms with van der Waals surface area (Å²) in [4.78, 5) is 14.6. The van der Waals surface area contributed by atoms with Gasteiger partial charge in [-0.15, -0.1) is 0 Å². The standard InChI is InChI=1S/C13H13N3O2/c14-8-7-10-3-5-11(6-4-10)13-12(16(17)18)2-1-9-15-13/h1-6,9H,7-8,14H2. The Morgan fingerprint density at radius 1 is 1.22 bits per heavy atom. The number of rotatable bonds is 4. The largest absolute Gasteiger partial charge is 0.330 e. The van der Waals surface area contributed by atoms with Crippen LogP contribution in [0.5, 0.6) is 0 Å². The molecule has 2 N–H and O–H groups in total. The second-order valence-corrected chi connectivity index (χ2v) is 3.86. The van der Waals surface area contributed by atoms with Gasteiger partial charge in [-0.25, -0.2) is 4.98 Å². The van der Waals surface area contributed by atoms with Gasteiger partial charge in [-0.3, -0.25) is 10.1 Å². The summed E-state index contributed by atoms with van der Waals surface area (Å²) in [7, 11) is 0. The lowest BCUT2D eigenvalue weighted by Crippen LogP contribution is -2.02. The molecule has 1 aromatic heterocycles. The van der Waals surface area contributed by atoms with E-state index < -0.39 is 4.92 Å². The zero-order valence-electron chi connectivity index (χ0n) is 9.74. The maximum absolute atomic E-state index is 10.9. The number of nitrogens with two attached hydrogens (primary N) is 1. The van der Waals surface area contributed by atoms with Crippen molar-refractivity contribution < 1.29 is 4.92 Å². The van der Waals surface area contributed by atoms with Crippen molar-refractivity contribution in [2.45, 2.75) is 6.42 Å². The minimum Gasteiger partial charge on any atom is -0.330 e. The summed E-state index contributed by atoms with van der Waals surface area (Å²) in [6, 6.07) is 10.5. The average Bonchev–Trinajstić information content (AvgIpc) is 2.40. The Bertz CT molecular complexity index is 552. The molecule has 92 valence electrons. The zero-order valence-corrected chi connectivity index (χ0v) is 9.74. The first kappa shape index (κ1) is 12.2. The molecule has 5 heteroatoms. The Hall–Kier alpha value is -2.27. The van der Waals surface area contributed by atoms with Crippen molar-refractivity contribution in [2.24, 2.45) is 5.73 Å². The molecule has 2 rings (SSSR count). The van der Waals surface area contributed by atoms with Gasteiger partial charge < -0.3 is 5.73 Å². The molecule has 0 amide bonds. The van der Waals surface area contributed by atoms with E-state index in [1.807, 2.05) is 24.3 Å². The summed E-state index contributed by atoms with van der Waals surface area (Å²) in [5.41, 5.74) is 7.73. The molecule has 0 aliphatic heterocycles. The van der Waals surface area contributed by atoms with Crippen molar-refractivity contribution in [1.29, 1.82) is 0 Å². The van der Waals surface area contributed by atoms with Crippen LogP contribution in [0.3, 0.4) is 0 Å². The number of aromatic nitrogens is 1. The van der Waals surface area contributed by atoms with Crippen molar-refractivity contribution in [3.63, 3.8) is 0 Å². The van der Waals surface area contributed by atoms with Gasteiger partial charge >= 0.3 is 0 Å². The van der Waals surface area contributed by atoms with E-state index in [2.05, 4.69) is 4.98 Å². The molecule has 2 aromatic rings. The van der Waals surface area contributed by atoms with Gasteiger partial charge in [0.1, 0.15) is 5.69 Å². The van der Waals surface area contributed by atoms with Crippen molar-refractivity contribution in [3.05, 3.63) is 58.3 Å². The van der Waals surface area contributed by atoms with Gasteiger partial charge in [-0.2, -0.15) is 0 Å². The fourth-order valence-corrected chi connectivity index (χ4v) is 1.76. The molecule has 0 saturated carbocycles. The highest BCUT2D eigenvalue weighted by molar-refractivity contribution is 5.69. The molecule has 0 atom stereocenters. The van der Waals surface area contributed by atoms with E-state index in [0.29, 0.717) is 12.2 Å². The molecule has 0 aliphatic rings. The van der Waals surface area contributed by atoms with Crippen LogP contribution in [0.1, 0.15) is 5.56 Å². The number of hydrogen-bond acceptors (Lipinski definition) is 4. The van der Waals surface area contributed by atoms with E-state index in [1.165, 1.54) is 6.07 Å². The lowest BCUT2D eigenvalue weighted by Gasteiger charge is -2.03. The third-order valence-electron chi connectivity index (χ3n) is 2.64. The number of benzene rings is 1. The van der Waals surface area contributed by atoms with Gasteiger partial charge in [-0.05, 0) is 24.6 Å². The van der Waals surface area contributed by atoms with E-state index in [-0.39, 0.29) is 5.69 Å². The highest BCUT2D eigenvalue weighted by atomic mass is 16.6. The molecule has 0 fully saturated rings. The van der Waals surface area contributed by atoms with Crippen LogP contribution in [0.15, 0.2) is 42.6 Å². The molecule has 0 aliphatic carbocycles. The fraction of sp³-hybridized carbons (Fsp3) is 0.154. The van der Waals surface area contributed by atoms with Gasteiger partial charge in [-0.1, -0.05) is 24.3 Å². The average molecular weight is 243 g/mol. The molecule has 0 radical (unpaired) electrons. The minimum absolute atomic E-state index is 0.0177. The molecule has 0 saturated heterocycles. The summed E-state index contributed by atoms with van der Waals surface area (Å²) in [5, 5.41) is 10.9. The monoisotopic (exact) mass is 243 g/mol. The van der Waals surface area contributed by atoms with Crippen LogP contribution in [-0.4, -0.2) is 16.5 Å². The van der Waals surface area contributed by atoms with Crippen LogP contribution >= 0.6 is 0 Å². The Kier molecular flexibility index (Phi) is 3.64. The summed E-state index contributed by atoms with van der Waals surface area (Å²) < 4.78 is 0. The number of hydrogen-bond donors (Lipinski definition) is 1. The summed E-state index contributed by atoms with van der Waals surface area (Å²) in [6.45, 7) is 0.586. The van der Waals surface area contributed by atoms with Gasteiger partial charge in [0.15, 0.2) is 0 Å². The third-order valence-corrected chi connectivity index (χ3v) is 2.64. The highest BCUT2D eigenvalue weighted by Crippen LogP contribution is 2.27. The fourth-order valence-electron chi connectivity index (χ4n) is 1.76. The quantitative estimate of drug-likeness (QED) is 0.659. The Morgan fingerprint density at radius 3 is 2.56 bits per heavy atom. The van der Waals surface area contributed by atoms with Crippen LogP contribution in [0.25, 0.3) is 11.3 Å². The zero-order chi connectivity index (χ0) is 13.0. The van der Waals surface area contributed by atoms with E-state index in [4.69, 9.17) is 5.73 Å². The molecule has 1 heterocycles. The first-order valence-electron chi connectivity index (χ1n) is 5.61. The normalized spacial score (nSPS) is 10.3. The van der Waals surface area contributed by atoms with Crippen LogP contribution in [0.2, 0.25) is 0 Å². The Balaban J connectivity index is 2.39. The van der Waals surface area contributed by atoms with Crippen molar-refractivity contribution >= 4 is 5.69 Å². The van der Waals surface area contributed by atoms with Gasteiger partial charge in [0.05, 0.1) is 4.92 Å². The van der Waals surface area contributed by atoms with Crippen LogP contribution in [0.4, 0.5) is 5.69 Å². The maximum atomic E-state index is 10.9. The van der Waals surface area contributed by atoms with Gasteiger partial charge in [0.2, 0.25) is 0 Å². The number of nitro groups is 1. The van der Waals surface area contributed by atoms with Crippen molar-refractivity contribution in [1.82, 2.24) is 4.98 Å². The molecule has 0 unspecified atom stereocenters. The molecule has 5 nitrogen and oxygen atoms in total. The van der Waals surface area contributed by atoms with E-state index >= 15 is 0 Å². The molecular formula is C13H13N3O2. The maximum Gasteiger partial charge on any atom is 0.295 e. The third kappa shape index (κ3) is 2.52. The van der Waals surface area contributed by atoms with Crippen molar-refractivity contribution in [3.8, 4) is 11.3 Å². The molecule has 1 aromatic carbocycles. The number of nitrogens with zero attached hydrogens (tertiary/aromatic N) is 2. The second-order valence-electron chi connectivity index (χ2n) is 3.86. The van der Waals surface area contributed by atoms with Gasteiger partial charge in [0, 0.05) is 17.8 Å². The highest BCUT2D eigenvalue weighted by Gasteiger charge is 2.15. The predicted molar refractivity (Wildman–Crippen MR) is 69.1 cm³/mol. The van der Waals surface area contributed by atoms with E-state index in [0.717, 1.165) is 17.5 Å². The summed E-state index contributed by atoms with van der Waals surface area (Å²) in [5.74, 6) is 0. The van der Waals surface area contributed by atoms with Crippen LogP contribution < -0.4 is 5.73 Å². The summed E-state index contributed by atoms with van der Waals surface area (Å²) >= 11 is 0. The van der Waals surface area contributed by atoms with Crippen LogP contribution in [-0.2, 0) is 6.42 Å². The first-order valence-corrected chi connectivity index (χ1v) is 5.61. The molecule has 18 heavy (non-hydrogen) atoms. The van der Waals surface area contributed by atoms with Crippen molar-refractivity contribution in [2.75, 3.05) is 6.54 Å².